The summed E-state index contributed by atoms with van der Waals surface area (Å²) in [5.41, 5.74) is 3.44. The molecule has 2 N–H and O–H groups in total. The molecule has 0 bridgehead atoms. The van der Waals surface area contributed by atoms with Gasteiger partial charge in [0.05, 0.1) is 13.3 Å². The van der Waals surface area contributed by atoms with Gasteiger partial charge in [-0.15, -0.1) is 0 Å². The van der Waals surface area contributed by atoms with Crippen LogP contribution in [0.3, 0.4) is 0 Å². The predicted octanol–water partition coefficient (Wildman–Crippen LogP) is 3.36. The largest absolute Gasteiger partial charge is 0.504 e. The fourth-order valence-corrected chi connectivity index (χ4v) is 2.73. The maximum atomic E-state index is 12.5. The van der Waals surface area contributed by atoms with Crippen molar-refractivity contribution in [2.24, 2.45) is 7.05 Å². The summed E-state index contributed by atoms with van der Waals surface area (Å²) >= 11 is 0. The third kappa shape index (κ3) is 3.33. The number of carbonyl (C=O) groups excluding carboxylic acids is 1. The summed E-state index contributed by atoms with van der Waals surface area (Å²) in [4.78, 5) is 12.5. The van der Waals surface area contributed by atoms with Crippen molar-refractivity contribution in [1.82, 2.24) is 9.78 Å². The van der Waals surface area contributed by atoms with Gasteiger partial charge in [-0.25, -0.2) is 0 Å². The molecule has 1 amide bonds. The van der Waals surface area contributed by atoms with E-state index in [2.05, 4.69) is 10.4 Å². The average molecular weight is 337 g/mol. The van der Waals surface area contributed by atoms with Crippen molar-refractivity contribution >= 4 is 11.6 Å². The lowest BCUT2D eigenvalue weighted by Gasteiger charge is -2.10. The molecule has 6 nitrogen and oxygen atoms in total. The zero-order chi connectivity index (χ0) is 18.0. The average Bonchev–Trinajstić information content (AvgIpc) is 2.93. The van der Waals surface area contributed by atoms with Crippen LogP contribution in [0.25, 0.3) is 11.3 Å². The van der Waals surface area contributed by atoms with Gasteiger partial charge in [-0.05, 0) is 42.8 Å². The van der Waals surface area contributed by atoms with Crippen LogP contribution in [0.1, 0.15) is 15.9 Å². The summed E-state index contributed by atoms with van der Waals surface area (Å²) in [6, 6.07) is 12.5. The lowest BCUT2D eigenvalue weighted by molar-refractivity contribution is 0.102. The molecular weight excluding hydrogens is 318 g/mol. The number of amides is 1. The van der Waals surface area contributed by atoms with Crippen LogP contribution >= 0.6 is 0 Å². The molecule has 1 heterocycles. The molecule has 0 radical (unpaired) electrons. The van der Waals surface area contributed by atoms with Crippen molar-refractivity contribution in [1.29, 1.82) is 0 Å². The number of methoxy groups -OCH3 is 1. The van der Waals surface area contributed by atoms with Gasteiger partial charge in [-0.3, -0.25) is 9.48 Å². The number of carbonyl (C=O) groups is 1. The predicted molar refractivity (Wildman–Crippen MR) is 96.0 cm³/mol. The van der Waals surface area contributed by atoms with Crippen molar-refractivity contribution < 1.29 is 14.6 Å². The number of nitrogens with one attached hydrogen (secondary N) is 1. The van der Waals surface area contributed by atoms with Crippen molar-refractivity contribution in [3.63, 3.8) is 0 Å². The number of hydrogen-bond donors (Lipinski definition) is 2. The molecule has 25 heavy (non-hydrogen) atoms. The maximum Gasteiger partial charge on any atom is 0.255 e. The summed E-state index contributed by atoms with van der Waals surface area (Å²) < 4.78 is 6.80. The summed E-state index contributed by atoms with van der Waals surface area (Å²) in [5, 5.41) is 16.8. The van der Waals surface area contributed by atoms with Crippen LogP contribution < -0.4 is 10.1 Å². The summed E-state index contributed by atoms with van der Waals surface area (Å²) in [7, 11) is 3.35. The SMILES string of the molecule is COc1ccc(C(=O)Nc2cccc(-c3c(O)cnn3C)c2)cc1C. The van der Waals surface area contributed by atoms with E-state index in [1.165, 1.54) is 6.20 Å². The van der Waals surface area contributed by atoms with E-state index in [1.807, 2.05) is 19.1 Å². The number of aryl methyl sites for hydroxylation is 2. The Kier molecular flexibility index (Phi) is 4.43. The van der Waals surface area contributed by atoms with E-state index in [1.54, 1.807) is 49.2 Å². The van der Waals surface area contributed by atoms with Crippen LogP contribution in [-0.4, -0.2) is 27.9 Å². The molecular formula is C19H19N3O3. The molecule has 1 aromatic heterocycles. The maximum absolute atomic E-state index is 12.5. The van der Waals surface area contributed by atoms with Crippen LogP contribution in [0.2, 0.25) is 0 Å². The number of hydrogen-bond acceptors (Lipinski definition) is 4. The Labute approximate surface area is 145 Å². The number of nitrogens with zero attached hydrogens (tertiary/aromatic N) is 2. The lowest BCUT2D eigenvalue weighted by Crippen LogP contribution is -2.12. The summed E-state index contributed by atoms with van der Waals surface area (Å²) in [6.45, 7) is 1.89. The Balaban J connectivity index is 1.85. The number of aromatic nitrogens is 2. The normalized spacial score (nSPS) is 10.5. The summed E-state index contributed by atoms with van der Waals surface area (Å²) in [5.74, 6) is 0.624. The van der Waals surface area contributed by atoms with Crippen LogP contribution in [0, 0.1) is 6.92 Å². The van der Waals surface area contributed by atoms with Crippen LogP contribution in [0.5, 0.6) is 11.5 Å². The topological polar surface area (TPSA) is 76.4 Å². The van der Waals surface area contributed by atoms with Crippen molar-refractivity contribution in [3.05, 3.63) is 59.8 Å². The third-order valence-electron chi connectivity index (χ3n) is 3.97. The van der Waals surface area contributed by atoms with Gasteiger partial charge in [0.2, 0.25) is 0 Å². The fraction of sp³-hybridized carbons (Fsp3) is 0.158. The molecule has 0 atom stereocenters. The van der Waals surface area contributed by atoms with Crippen LogP contribution in [0.15, 0.2) is 48.7 Å². The van der Waals surface area contributed by atoms with E-state index >= 15 is 0 Å². The first kappa shape index (κ1) is 16.6. The number of rotatable bonds is 4. The number of ether oxygens (including phenoxy) is 1. The highest BCUT2D eigenvalue weighted by molar-refractivity contribution is 6.04. The second-order valence-corrected chi connectivity index (χ2v) is 5.72. The Morgan fingerprint density at radius 1 is 1.24 bits per heavy atom. The molecule has 0 aliphatic heterocycles. The van der Waals surface area contributed by atoms with E-state index in [4.69, 9.17) is 4.74 Å². The highest BCUT2D eigenvalue weighted by atomic mass is 16.5. The molecule has 0 aliphatic carbocycles. The number of benzene rings is 2. The van der Waals surface area contributed by atoms with Gasteiger partial charge >= 0.3 is 0 Å². The van der Waals surface area contributed by atoms with Crippen molar-refractivity contribution in [2.75, 3.05) is 12.4 Å². The minimum absolute atomic E-state index is 0.0942. The van der Waals surface area contributed by atoms with Crippen LogP contribution in [-0.2, 0) is 7.05 Å². The zero-order valence-corrected chi connectivity index (χ0v) is 14.3. The minimum Gasteiger partial charge on any atom is -0.504 e. The van der Waals surface area contributed by atoms with Gasteiger partial charge in [0.25, 0.3) is 5.91 Å². The van der Waals surface area contributed by atoms with Crippen LogP contribution in [0.4, 0.5) is 5.69 Å². The molecule has 6 heteroatoms. The Morgan fingerprint density at radius 2 is 2.04 bits per heavy atom. The van der Waals surface area contributed by atoms with Gasteiger partial charge in [0.15, 0.2) is 5.75 Å². The second-order valence-electron chi connectivity index (χ2n) is 5.72. The van der Waals surface area contributed by atoms with Gasteiger partial charge in [0, 0.05) is 23.9 Å². The highest BCUT2D eigenvalue weighted by Crippen LogP contribution is 2.30. The number of aromatic hydroxyl groups is 1. The van der Waals surface area contributed by atoms with E-state index in [0.717, 1.165) is 16.9 Å². The standard InChI is InChI=1S/C19H19N3O3/c1-12-9-14(7-8-17(12)25-3)19(24)21-15-6-4-5-13(10-15)18-16(23)11-20-22(18)2/h4-11,23H,1-3H3,(H,21,24). The molecule has 2 aromatic carbocycles. The Bertz CT molecular complexity index is 912. The summed E-state index contributed by atoms with van der Waals surface area (Å²) in [6.07, 6.45) is 1.39. The fourth-order valence-electron chi connectivity index (χ4n) is 2.73. The van der Waals surface area contributed by atoms with Gasteiger partial charge in [-0.2, -0.15) is 5.10 Å². The monoisotopic (exact) mass is 337 g/mol. The molecule has 3 aromatic rings. The zero-order valence-electron chi connectivity index (χ0n) is 14.3. The first-order valence-corrected chi connectivity index (χ1v) is 7.77. The lowest BCUT2D eigenvalue weighted by atomic mass is 10.1. The quantitative estimate of drug-likeness (QED) is 0.765. The first-order valence-electron chi connectivity index (χ1n) is 7.77. The molecule has 0 aliphatic rings. The van der Waals surface area contributed by atoms with Gasteiger partial charge in [-0.1, -0.05) is 12.1 Å². The molecule has 128 valence electrons. The Morgan fingerprint density at radius 3 is 2.68 bits per heavy atom. The minimum atomic E-state index is -0.211. The molecule has 3 rings (SSSR count). The Hall–Kier alpha value is -3.28. The highest BCUT2D eigenvalue weighted by Gasteiger charge is 2.12. The molecule has 0 spiro atoms. The van der Waals surface area contributed by atoms with Crippen molar-refractivity contribution in [2.45, 2.75) is 6.92 Å². The molecule has 0 saturated heterocycles. The second kappa shape index (κ2) is 6.68. The molecule has 0 saturated carbocycles. The molecule has 0 unspecified atom stereocenters. The molecule has 0 fully saturated rings. The van der Waals surface area contributed by atoms with E-state index in [9.17, 15) is 9.90 Å². The van der Waals surface area contributed by atoms with E-state index in [-0.39, 0.29) is 11.7 Å². The van der Waals surface area contributed by atoms with E-state index < -0.39 is 0 Å². The third-order valence-corrected chi connectivity index (χ3v) is 3.97. The van der Waals surface area contributed by atoms with Gasteiger partial charge in [0.1, 0.15) is 11.4 Å². The van der Waals surface area contributed by atoms with Gasteiger partial charge < -0.3 is 15.2 Å². The smallest absolute Gasteiger partial charge is 0.255 e. The van der Waals surface area contributed by atoms with Crippen molar-refractivity contribution in [3.8, 4) is 22.8 Å². The van der Waals surface area contributed by atoms with E-state index in [0.29, 0.717) is 16.9 Å². The first-order chi connectivity index (χ1) is 12.0. The number of anilines is 1.